The van der Waals surface area contributed by atoms with Crippen molar-refractivity contribution in [3.63, 3.8) is 0 Å². The second-order valence-corrected chi connectivity index (χ2v) is 3.22. The van der Waals surface area contributed by atoms with Crippen molar-refractivity contribution in [1.29, 1.82) is 0 Å². The van der Waals surface area contributed by atoms with Gasteiger partial charge in [-0.15, -0.1) is 0 Å². The molecule has 0 N–H and O–H groups in total. The van der Waals surface area contributed by atoms with E-state index in [4.69, 9.17) is 23.2 Å². The van der Waals surface area contributed by atoms with Crippen molar-refractivity contribution < 1.29 is 4.39 Å². The lowest BCUT2D eigenvalue weighted by atomic mass is 10.2. The Labute approximate surface area is 83.3 Å². The van der Waals surface area contributed by atoms with E-state index < -0.39 is 5.95 Å². The van der Waals surface area contributed by atoms with E-state index >= 15 is 0 Å². The molecule has 0 spiro atoms. The Morgan fingerprint density at radius 1 is 1.15 bits per heavy atom. The molecule has 0 fully saturated rings. The Hall–Kier alpha value is -0.930. The molecule has 0 unspecified atom stereocenters. The van der Waals surface area contributed by atoms with Crippen LogP contribution in [0.25, 0.3) is 10.9 Å². The van der Waals surface area contributed by atoms with Crippen LogP contribution in [0.3, 0.4) is 0 Å². The fraction of sp³-hybridized carbons (Fsp3) is 0. The molecule has 2 rings (SSSR count). The highest BCUT2D eigenvalue weighted by atomic mass is 35.5. The summed E-state index contributed by atoms with van der Waals surface area (Å²) in [5, 5.41) is 0.613. The lowest BCUT2D eigenvalue weighted by Gasteiger charge is -1.98. The standard InChI is InChI=1S/C8H3Cl2FN2/c9-4-1-2-6-5(3-4)7(11)13-8(10)12-6/h1-3H. The zero-order valence-corrected chi connectivity index (χ0v) is 7.77. The zero-order valence-electron chi connectivity index (χ0n) is 6.26. The molecule has 2 aromatic rings. The van der Waals surface area contributed by atoms with Gasteiger partial charge in [0, 0.05) is 5.02 Å². The SMILES string of the molecule is Fc1nc(Cl)nc2ccc(Cl)cc12. The van der Waals surface area contributed by atoms with E-state index in [2.05, 4.69) is 9.97 Å². The molecule has 0 atom stereocenters. The van der Waals surface area contributed by atoms with Gasteiger partial charge >= 0.3 is 0 Å². The van der Waals surface area contributed by atoms with Gasteiger partial charge in [-0.1, -0.05) is 11.6 Å². The molecule has 5 heteroatoms. The van der Waals surface area contributed by atoms with Crippen LogP contribution in [0, 0.1) is 5.95 Å². The smallest absolute Gasteiger partial charge is 0.218 e. The summed E-state index contributed by atoms with van der Waals surface area (Å²) >= 11 is 11.1. The van der Waals surface area contributed by atoms with Crippen molar-refractivity contribution in [2.24, 2.45) is 0 Å². The van der Waals surface area contributed by atoms with E-state index in [-0.39, 0.29) is 10.7 Å². The van der Waals surface area contributed by atoms with Crippen LogP contribution in [0.5, 0.6) is 0 Å². The third-order valence-electron chi connectivity index (χ3n) is 1.58. The number of hydrogen-bond donors (Lipinski definition) is 0. The minimum Gasteiger partial charge on any atom is -0.218 e. The van der Waals surface area contributed by atoms with Gasteiger partial charge in [0.05, 0.1) is 10.9 Å². The third kappa shape index (κ3) is 1.57. The predicted molar refractivity (Wildman–Crippen MR) is 49.5 cm³/mol. The number of fused-ring (bicyclic) bond motifs is 1. The second-order valence-electron chi connectivity index (χ2n) is 2.44. The van der Waals surface area contributed by atoms with Gasteiger partial charge in [-0.05, 0) is 29.8 Å². The first-order valence-corrected chi connectivity index (χ1v) is 4.21. The minimum absolute atomic E-state index is 0.104. The first-order valence-electron chi connectivity index (χ1n) is 3.45. The maximum absolute atomic E-state index is 13.1. The third-order valence-corrected chi connectivity index (χ3v) is 1.99. The summed E-state index contributed by atoms with van der Waals surface area (Å²) in [6, 6.07) is 4.67. The highest BCUT2D eigenvalue weighted by Crippen LogP contribution is 2.20. The van der Waals surface area contributed by atoms with Crippen LogP contribution in [-0.2, 0) is 0 Å². The largest absolute Gasteiger partial charge is 0.225 e. The summed E-state index contributed by atoms with van der Waals surface area (Å²) in [5.74, 6) is -0.655. The first-order chi connectivity index (χ1) is 6.16. The molecule has 0 aliphatic heterocycles. The molecular weight excluding hydrogens is 214 g/mol. The summed E-state index contributed by atoms with van der Waals surface area (Å²) < 4.78 is 13.1. The maximum atomic E-state index is 13.1. The molecule has 0 saturated carbocycles. The summed E-state index contributed by atoms with van der Waals surface area (Å²) in [4.78, 5) is 7.21. The second kappa shape index (κ2) is 3.09. The van der Waals surface area contributed by atoms with Gasteiger partial charge in [-0.3, -0.25) is 0 Å². The molecule has 0 amide bonds. The van der Waals surface area contributed by atoms with E-state index in [1.807, 2.05) is 0 Å². The highest BCUT2D eigenvalue weighted by Gasteiger charge is 2.05. The topological polar surface area (TPSA) is 25.8 Å². The van der Waals surface area contributed by atoms with Gasteiger partial charge in [0.1, 0.15) is 0 Å². The molecular formula is C8H3Cl2FN2. The quantitative estimate of drug-likeness (QED) is 0.500. The number of benzene rings is 1. The number of hydrogen-bond acceptors (Lipinski definition) is 2. The minimum atomic E-state index is -0.655. The summed E-state index contributed by atoms with van der Waals surface area (Å²) in [7, 11) is 0. The van der Waals surface area contributed by atoms with Crippen LogP contribution < -0.4 is 0 Å². The van der Waals surface area contributed by atoms with Crippen LogP contribution in [0.1, 0.15) is 0 Å². The molecule has 0 aliphatic rings. The molecule has 0 aliphatic carbocycles. The van der Waals surface area contributed by atoms with Gasteiger partial charge in [-0.25, -0.2) is 4.98 Å². The molecule has 13 heavy (non-hydrogen) atoms. The number of rotatable bonds is 0. The molecule has 1 aromatic heterocycles. The van der Waals surface area contributed by atoms with Crippen LogP contribution >= 0.6 is 23.2 Å². The van der Waals surface area contributed by atoms with Crippen molar-refractivity contribution in [2.45, 2.75) is 0 Å². The van der Waals surface area contributed by atoms with E-state index in [0.717, 1.165) is 0 Å². The monoisotopic (exact) mass is 216 g/mol. The van der Waals surface area contributed by atoms with Gasteiger partial charge < -0.3 is 0 Å². The summed E-state index contributed by atoms with van der Waals surface area (Å²) in [6.45, 7) is 0. The Morgan fingerprint density at radius 3 is 2.69 bits per heavy atom. The van der Waals surface area contributed by atoms with Crippen LogP contribution in [0.15, 0.2) is 18.2 Å². The Kier molecular flexibility index (Phi) is 2.06. The van der Waals surface area contributed by atoms with Crippen molar-refractivity contribution in [3.05, 3.63) is 34.5 Å². The molecule has 0 radical (unpaired) electrons. The predicted octanol–water partition coefficient (Wildman–Crippen LogP) is 3.08. The Balaban J connectivity index is 2.87. The van der Waals surface area contributed by atoms with Crippen molar-refractivity contribution >= 4 is 34.1 Å². The van der Waals surface area contributed by atoms with Gasteiger partial charge in [-0.2, -0.15) is 9.37 Å². The molecule has 1 heterocycles. The lowest BCUT2D eigenvalue weighted by molar-refractivity contribution is 0.594. The van der Waals surface area contributed by atoms with E-state index in [9.17, 15) is 4.39 Å². The highest BCUT2D eigenvalue weighted by molar-refractivity contribution is 6.31. The number of nitrogens with zero attached hydrogens (tertiary/aromatic N) is 2. The van der Waals surface area contributed by atoms with E-state index in [0.29, 0.717) is 10.5 Å². The molecule has 66 valence electrons. The van der Waals surface area contributed by atoms with Gasteiger partial charge in [0.2, 0.25) is 11.2 Å². The average Bonchev–Trinajstić information content (AvgIpc) is 2.06. The molecule has 0 bridgehead atoms. The molecule has 0 saturated heterocycles. The summed E-state index contributed by atoms with van der Waals surface area (Å²) in [5.41, 5.74) is 0.446. The summed E-state index contributed by atoms with van der Waals surface area (Å²) in [6.07, 6.45) is 0. The first kappa shape index (κ1) is 8.66. The molecule has 1 aromatic carbocycles. The normalized spacial score (nSPS) is 10.7. The lowest BCUT2D eigenvalue weighted by Crippen LogP contribution is -1.90. The van der Waals surface area contributed by atoms with Crippen molar-refractivity contribution in [2.75, 3.05) is 0 Å². The zero-order chi connectivity index (χ0) is 9.42. The average molecular weight is 217 g/mol. The Morgan fingerprint density at radius 2 is 1.92 bits per heavy atom. The fourth-order valence-electron chi connectivity index (χ4n) is 1.04. The molecule has 2 nitrogen and oxygen atoms in total. The van der Waals surface area contributed by atoms with Crippen LogP contribution in [-0.4, -0.2) is 9.97 Å². The van der Waals surface area contributed by atoms with Gasteiger partial charge in [0.25, 0.3) is 0 Å². The fourth-order valence-corrected chi connectivity index (χ4v) is 1.37. The number of halogens is 3. The van der Waals surface area contributed by atoms with Crippen LogP contribution in [0.4, 0.5) is 4.39 Å². The van der Waals surface area contributed by atoms with Gasteiger partial charge in [0.15, 0.2) is 0 Å². The van der Waals surface area contributed by atoms with Crippen LogP contribution in [0.2, 0.25) is 10.3 Å². The maximum Gasteiger partial charge on any atom is 0.225 e. The Bertz CT molecular complexity index is 473. The van der Waals surface area contributed by atoms with Crippen molar-refractivity contribution in [1.82, 2.24) is 9.97 Å². The van der Waals surface area contributed by atoms with E-state index in [1.165, 1.54) is 6.07 Å². The van der Waals surface area contributed by atoms with Crippen molar-refractivity contribution in [3.8, 4) is 0 Å². The van der Waals surface area contributed by atoms with E-state index in [1.54, 1.807) is 12.1 Å². The number of aromatic nitrogens is 2.